The van der Waals surface area contributed by atoms with Crippen molar-refractivity contribution in [3.8, 4) is 11.8 Å². The van der Waals surface area contributed by atoms with Crippen molar-refractivity contribution in [2.24, 2.45) is 0 Å². The Morgan fingerprint density at radius 3 is 2.49 bits per heavy atom. The second-order valence-electron chi connectivity index (χ2n) is 7.88. The number of amides is 1. The molecule has 0 radical (unpaired) electrons. The number of pyridine rings is 2. The lowest BCUT2D eigenvalue weighted by molar-refractivity contribution is 0.0187. The first-order valence-corrected chi connectivity index (χ1v) is 10.5. The van der Waals surface area contributed by atoms with Gasteiger partial charge in [0.05, 0.1) is 24.1 Å². The summed E-state index contributed by atoms with van der Waals surface area (Å²) in [6.45, 7) is 3.66. The fourth-order valence-corrected chi connectivity index (χ4v) is 3.39. The van der Waals surface area contributed by atoms with E-state index in [1.165, 1.54) is 32.4 Å². The number of anilines is 5. The molecule has 2 aromatic heterocycles. The van der Waals surface area contributed by atoms with E-state index in [0.29, 0.717) is 11.4 Å². The summed E-state index contributed by atoms with van der Waals surface area (Å²) < 4.78 is 24.8. The number of carbonyl (C=O) groups is 1. The van der Waals surface area contributed by atoms with Crippen molar-refractivity contribution in [1.29, 1.82) is 5.26 Å². The van der Waals surface area contributed by atoms with Gasteiger partial charge in [0.25, 0.3) is 5.91 Å². The highest BCUT2D eigenvalue weighted by Gasteiger charge is 2.25. The summed E-state index contributed by atoms with van der Waals surface area (Å²) >= 11 is 0. The van der Waals surface area contributed by atoms with Crippen LogP contribution in [0.1, 0.15) is 35.5 Å². The van der Waals surface area contributed by atoms with Gasteiger partial charge in [-0.1, -0.05) is 6.07 Å². The smallest absolute Gasteiger partial charge is 0.256 e. The average molecular weight is 480 g/mol. The summed E-state index contributed by atoms with van der Waals surface area (Å²) in [5, 5.41) is 18.1. The van der Waals surface area contributed by atoms with Crippen molar-refractivity contribution in [2.75, 3.05) is 37.6 Å². The molecular weight excluding hydrogens is 453 g/mol. The van der Waals surface area contributed by atoms with E-state index in [4.69, 9.17) is 15.2 Å². The number of aromatic nitrogens is 2. The van der Waals surface area contributed by atoms with Gasteiger partial charge in [0, 0.05) is 25.8 Å². The van der Waals surface area contributed by atoms with E-state index in [1.807, 2.05) is 13.8 Å². The van der Waals surface area contributed by atoms with Crippen LogP contribution < -0.4 is 26.4 Å². The van der Waals surface area contributed by atoms with E-state index in [2.05, 4.69) is 32.0 Å². The summed E-state index contributed by atoms with van der Waals surface area (Å²) in [6.07, 6.45) is 0. The van der Waals surface area contributed by atoms with Crippen LogP contribution in [-0.2, 0) is 10.3 Å². The SMILES string of the molecule is CNC(=O)c1c(Nc2cccc(F)c2OC)cc(Nc2ccc(C(C)(C)OC)c(C#N)n2)nc1N. The number of hydrogen-bond acceptors (Lipinski definition) is 9. The molecule has 0 aliphatic heterocycles. The lowest BCUT2D eigenvalue weighted by Crippen LogP contribution is -2.22. The lowest BCUT2D eigenvalue weighted by Gasteiger charge is -2.24. The second-order valence-corrected chi connectivity index (χ2v) is 7.88. The minimum atomic E-state index is -0.713. The molecule has 2 heterocycles. The topological polar surface area (TPSA) is 147 Å². The van der Waals surface area contributed by atoms with E-state index < -0.39 is 17.3 Å². The predicted molar refractivity (Wildman–Crippen MR) is 131 cm³/mol. The Balaban J connectivity index is 2.05. The molecule has 3 rings (SSSR count). The molecule has 0 fully saturated rings. The number of rotatable bonds is 8. The van der Waals surface area contributed by atoms with E-state index in [0.717, 1.165) is 0 Å². The maximum Gasteiger partial charge on any atom is 0.256 e. The highest BCUT2D eigenvalue weighted by atomic mass is 19.1. The monoisotopic (exact) mass is 479 g/mol. The van der Waals surface area contributed by atoms with E-state index >= 15 is 0 Å². The molecule has 1 aromatic carbocycles. The number of nitrogen functional groups attached to an aromatic ring is 1. The van der Waals surface area contributed by atoms with Crippen LogP contribution in [0.15, 0.2) is 36.4 Å². The van der Waals surface area contributed by atoms with Crippen LogP contribution in [0.5, 0.6) is 5.75 Å². The molecule has 0 bridgehead atoms. The highest BCUT2D eigenvalue weighted by Crippen LogP contribution is 2.34. The molecule has 3 aromatic rings. The van der Waals surface area contributed by atoms with Gasteiger partial charge >= 0.3 is 0 Å². The van der Waals surface area contributed by atoms with Gasteiger partial charge in [-0.05, 0) is 38.1 Å². The minimum absolute atomic E-state index is 0.0306. The number of ether oxygens (including phenoxy) is 2. The molecule has 11 heteroatoms. The Labute approximate surface area is 202 Å². The van der Waals surface area contributed by atoms with Crippen LogP contribution in [0.2, 0.25) is 0 Å². The zero-order valence-corrected chi connectivity index (χ0v) is 20.0. The van der Waals surface area contributed by atoms with Crippen molar-refractivity contribution in [3.05, 3.63) is 59.0 Å². The number of benzene rings is 1. The van der Waals surface area contributed by atoms with Gasteiger partial charge in [-0.3, -0.25) is 4.79 Å². The third-order valence-electron chi connectivity index (χ3n) is 5.36. The van der Waals surface area contributed by atoms with Crippen molar-refractivity contribution in [3.63, 3.8) is 0 Å². The van der Waals surface area contributed by atoms with Crippen LogP contribution in [-0.4, -0.2) is 37.1 Å². The lowest BCUT2D eigenvalue weighted by atomic mass is 9.96. The van der Waals surface area contributed by atoms with Crippen LogP contribution in [0.25, 0.3) is 0 Å². The Morgan fingerprint density at radius 1 is 1.11 bits per heavy atom. The fraction of sp³-hybridized carbons (Fsp3) is 0.250. The van der Waals surface area contributed by atoms with E-state index in [-0.39, 0.29) is 40.0 Å². The molecule has 0 saturated heterocycles. The zero-order valence-electron chi connectivity index (χ0n) is 20.0. The third-order valence-corrected chi connectivity index (χ3v) is 5.36. The molecule has 0 aliphatic carbocycles. The summed E-state index contributed by atoms with van der Waals surface area (Å²) in [4.78, 5) is 21.1. The molecule has 0 saturated carbocycles. The molecule has 10 nitrogen and oxygen atoms in total. The molecule has 182 valence electrons. The summed E-state index contributed by atoms with van der Waals surface area (Å²) in [5.74, 6) is -0.613. The summed E-state index contributed by atoms with van der Waals surface area (Å²) in [5.41, 5.74) is 6.80. The first kappa shape index (κ1) is 25.2. The number of para-hydroxylation sites is 1. The normalized spacial score (nSPS) is 10.9. The van der Waals surface area contributed by atoms with Gasteiger partial charge in [-0.2, -0.15) is 5.26 Å². The molecule has 1 amide bonds. The fourth-order valence-electron chi connectivity index (χ4n) is 3.39. The third kappa shape index (κ3) is 5.23. The van der Waals surface area contributed by atoms with Crippen LogP contribution >= 0.6 is 0 Å². The first-order valence-electron chi connectivity index (χ1n) is 10.5. The summed E-state index contributed by atoms with van der Waals surface area (Å²) in [6, 6.07) is 11.3. The van der Waals surface area contributed by atoms with E-state index in [1.54, 1.807) is 25.3 Å². The first-order chi connectivity index (χ1) is 16.6. The Hall–Kier alpha value is -4.43. The molecule has 0 atom stereocenters. The Morgan fingerprint density at radius 2 is 1.86 bits per heavy atom. The van der Waals surface area contributed by atoms with Gasteiger partial charge in [-0.15, -0.1) is 0 Å². The molecule has 0 spiro atoms. The van der Waals surface area contributed by atoms with Crippen molar-refractivity contribution in [1.82, 2.24) is 15.3 Å². The Bertz CT molecular complexity index is 1310. The highest BCUT2D eigenvalue weighted by molar-refractivity contribution is 6.05. The van der Waals surface area contributed by atoms with Crippen molar-refractivity contribution < 1.29 is 18.7 Å². The number of nitrogens with two attached hydrogens (primary N) is 1. The maximum atomic E-state index is 14.2. The number of nitrogens with one attached hydrogen (secondary N) is 3. The molecule has 35 heavy (non-hydrogen) atoms. The van der Waals surface area contributed by atoms with Gasteiger partial charge in [-0.25, -0.2) is 14.4 Å². The Kier molecular flexibility index (Phi) is 7.37. The minimum Gasteiger partial charge on any atom is -0.492 e. The van der Waals surface area contributed by atoms with Crippen molar-refractivity contribution >= 4 is 34.7 Å². The number of carbonyl (C=O) groups excluding carboxylic acids is 1. The predicted octanol–water partition coefficient (Wildman–Crippen LogP) is 3.81. The van der Waals surface area contributed by atoms with Gasteiger partial charge in [0.2, 0.25) is 0 Å². The average Bonchev–Trinajstić information content (AvgIpc) is 2.83. The quantitative estimate of drug-likeness (QED) is 0.378. The molecule has 0 aliphatic rings. The van der Waals surface area contributed by atoms with Gasteiger partial charge in [0.1, 0.15) is 34.8 Å². The summed E-state index contributed by atoms with van der Waals surface area (Å²) in [7, 11) is 4.34. The van der Waals surface area contributed by atoms with E-state index in [9.17, 15) is 14.4 Å². The number of methoxy groups -OCH3 is 2. The zero-order chi connectivity index (χ0) is 25.8. The second kappa shape index (κ2) is 10.2. The number of nitrogens with zero attached hydrogens (tertiary/aromatic N) is 3. The molecule has 5 N–H and O–H groups in total. The van der Waals surface area contributed by atoms with Crippen molar-refractivity contribution in [2.45, 2.75) is 19.4 Å². The molecular formula is C24H26FN7O3. The van der Waals surface area contributed by atoms with Crippen LogP contribution in [0.4, 0.5) is 33.2 Å². The standard InChI is InChI=1S/C24H26FN7O3/c1-24(2,35-5)13-9-10-18(30-17(13)12-26)31-19-11-16(20(22(27)32-19)23(33)28-3)29-15-8-6-7-14(25)21(15)34-4/h6-11H,1-5H3,(H,28,33)(H4,27,29,30,31,32). The largest absolute Gasteiger partial charge is 0.492 e. The van der Waals surface area contributed by atoms with Gasteiger partial charge in [0.15, 0.2) is 11.6 Å². The number of halogens is 1. The number of nitriles is 1. The van der Waals surface area contributed by atoms with Crippen LogP contribution in [0.3, 0.4) is 0 Å². The number of hydrogen-bond donors (Lipinski definition) is 4. The van der Waals surface area contributed by atoms with Crippen LogP contribution in [0, 0.1) is 17.1 Å². The molecule has 0 unspecified atom stereocenters. The van der Waals surface area contributed by atoms with Gasteiger partial charge < -0.3 is 31.2 Å². The maximum absolute atomic E-state index is 14.2.